The Balaban J connectivity index is 2.53. The van der Waals surface area contributed by atoms with E-state index in [0.717, 1.165) is 6.08 Å². The molecule has 0 radical (unpaired) electrons. The lowest BCUT2D eigenvalue weighted by Crippen LogP contribution is -2.34. The molecule has 4 N–H and O–H groups in total. The first kappa shape index (κ1) is 14.9. The lowest BCUT2D eigenvalue weighted by Gasteiger charge is -2.10. The molecule has 2 amide bonds. The van der Waals surface area contributed by atoms with Gasteiger partial charge in [-0.25, -0.2) is 0 Å². The topological polar surface area (TPSA) is 98.7 Å². The first-order valence-electron chi connectivity index (χ1n) is 5.69. The number of amides is 2. The van der Waals surface area contributed by atoms with E-state index in [-0.39, 0.29) is 30.2 Å². The van der Waals surface area contributed by atoms with Crippen molar-refractivity contribution in [1.82, 2.24) is 5.32 Å². The summed E-state index contributed by atoms with van der Waals surface area (Å²) in [6.07, 6.45) is 1.20. The van der Waals surface area contributed by atoms with Crippen LogP contribution in [-0.2, 0) is 9.59 Å². The Morgan fingerprint density at radius 1 is 1.32 bits per heavy atom. The molecule has 0 aliphatic carbocycles. The van der Waals surface area contributed by atoms with Crippen LogP contribution in [0.1, 0.15) is 6.42 Å². The number of hydrogen-bond acceptors (Lipinski definition) is 4. The maximum Gasteiger partial charge on any atom is 0.490 e. The van der Waals surface area contributed by atoms with Gasteiger partial charge in [0.25, 0.3) is 0 Å². The number of para-hydroxylation sites is 1. The molecule has 6 nitrogen and oxygen atoms in total. The van der Waals surface area contributed by atoms with Gasteiger partial charge in [0, 0.05) is 24.1 Å². The van der Waals surface area contributed by atoms with Crippen LogP contribution in [0, 0.1) is 0 Å². The van der Waals surface area contributed by atoms with Crippen LogP contribution >= 0.6 is 0 Å². The summed E-state index contributed by atoms with van der Waals surface area (Å²) in [7, 11) is -1.66. The lowest BCUT2D eigenvalue weighted by atomic mass is 9.79. The molecule has 0 bridgehead atoms. The Bertz CT molecular complexity index is 477. The van der Waals surface area contributed by atoms with E-state index in [1.165, 1.54) is 6.07 Å². The molecule has 1 rings (SSSR count). The van der Waals surface area contributed by atoms with Crippen molar-refractivity contribution in [2.24, 2.45) is 0 Å². The fraction of sp³-hybridized carbons (Fsp3) is 0.167. The van der Waals surface area contributed by atoms with E-state index in [1.54, 1.807) is 18.2 Å². The van der Waals surface area contributed by atoms with Crippen molar-refractivity contribution in [2.75, 3.05) is 11.9 Å². The van der Waals surface area contributed by atoms with Gasteiger partial charge in [-0.15, -0.1) is 0 Å². The molecule has 0 saturated carbocycles. The SMILES string of the molecule is C=CC(=O)NCCC(=O)Nc1ccccc1B(O)O. The summed E-state index contributed by atoms with van der Waals surface area (Å²) in [5, 5.41) is 23.3. The molecule has 1 aromatic rings. The zero-order chi connectivity index (χ0) is 14.3. The van der Waals surface area contributed by atoms with Gasteiger partial charge in [-0.2, -0.15) is 0 Å². The highest BCUT2D eigenvalue weighted by Crippen LogP contribution is 2.04. The summed E-state index contributed by atoms with van der Waals surface area (Å²) in [4.78, 5) is 22.5. The molecule has 0 heterocycles. The average Bonchev–Trinajstić information content (AvgIpc) is 2.38. The largest absolute Gasteiger partial charge is 0.490 e. The standard InChI is InChI=1S/C12H15BN2O4/c1-2-11(16)14-8-7-12(17)15-10-6-4-3-5-9(10)13(18)19/h2-6,18-19H,1,7-8H2,(H,14,16)(H,15,17). The summed E-state index contributed by atoms with van der Waals surface area (Å²) in [6.45, 7) is 3.47. The molecule has 0 unspecified atom stereocenters. The first-order valence-corrected chi connectivity index (χ1v) is 5.69. The average molecular weight is 262 g/mol. The minimum Gasteiger partial charge on any atom is -0.423 e. The van der Waals surface area contributed by atoms with Crippen LogP contribution in [0.5, 0.6) is 0 Å². The minimum atomic E-state index is -1.66. The fourth-order valence-corrected chi connectivity index (χ4v) is 1.42. The third kappa shape index (κ3) is 4.95. The van der Waals surface area contributed by atoms with Crippen molar-refractivity contribution in [1.29, 1.82) is 0 Å². The Morgan fingerprint density at radius 2 is 2.00 bits per heavy atom. The van der Waals surface area contributed by atoms with Gasteiger partial charge in [-0.3, -0.25) is 9.59 Å². The maximum absolute atomic E-state index is 11.6. The lowest BCUT2D eigenvalue weighted by molar-refractivity contribution is -0.117. The highest BCUT2D eigenvalue weighted by Gasteiger charge is 2.16. The summed E-state index contributed by atoms with van der Waals surface area (Å²) < 4.78 is 0. The zero-order valence-electron chi connectivity index (χ0n) is 10.3. The number of hydrogen-bond donors (Lipinski definition) is 4. The van der Waals surface area contributed by atoms with E-state index in [1.807, 2.05) is 0 Å². The van der Waals surface area contributed by atoms with E-state index in [0.29, 0.717) is 5.69 Å². The third-order valence-electron chi connectivity index (χ3n) is 2.35. The van der Waals surface area contributed by atoms with Crippen molar-refractivity contribution >= 4 is 30.1 Å². The molecule has 100 valence electrons. The van der Waals surface area contributed by atoms with E-state index in [9.17, 15) is 9.59 Å². The smallest absolute Gasteiger partial charge is 0.423 e. The molecule has 19 heavy (non-hydrogen) atoms. The summed E-state index contributed by atoms with van der Waals surface area (Å²) in [6, 6.07) is 6.37. The maximum atomic E-state index is 11.6. The molecule has 0 saturated heterocycles. The van der Waals surface area contributed by atoms with Crippen molar-refractivity contribution in [3.8, 4) is 0 Å². The van der Waals surface area contributed by atoms with Crippen LogP contribution in [-0.4, -0.2) is 35.5 Å². The second kappa shape index (κ2) is 7.35. The van der Waals surface area contributed by atoms with Gasteiger partial charge in [0.1, 0.15) is 0 Å². The van der Waals surface area contributed by atoms with Crippen LogP contribution in [0.15, 0.2) is 36.9 Å². The van der Waals surface area contributed by atoms with Crippen molar-refractivity contribution < 1.29 is 19.6 Å². The number of anilines is 1. The van der Waals surface area contributed by atoms with Gasteiger partial charge in [-0.1, -0.05) is 24.8 Å². The Hall–Kier alpha value is -2.12. The van der Waals surface area contributed by atoms with Gasteiger partial charge >= 0.3 is 7.12 Å². The summed E-state index contributed by atoms with van der Waals surface area (Å²) in [5.41, 5.74) is 0.545. The highest BCUT2D eigenvalue weighted by molar-refractivity contribution is 6.60. The molecular formula is C12H15BN2O4. The number of rotatable bonds is 6. The van der Waals surface area contributed by atoms with Gasteiger partial charge in [0.05, 0.1) is 0 Å². The van der Waals surface area contributed by atoms with Crippen molar-refractivity contribution in [3.05, 3.63) is 36.9 Å². The van der Waals surface area contributed by atoms with Crippen molar-refractivity contribution in [2.45, 2.75) is 6.42 Å². The Kier molecular flexibility index (Phi) is 5.78. The van der Waals surface area contributed by atoms with E-state index < -0.39 is 7.12 Å². The summed E-state index contributed by atoms with van der Waals surface area (Å²) in [5.74, 6) is -0.684. The molecule has 0 atom stereocenters. The molecule has 0 aliphatic rings. The Labute approximate surface area is 111 Å². The number of carbonyl (C=O) groups excluding carboxylic acids is 2. The molecule has 7 heteroatoms. The quantitative estimate of drug-likeness (QED) is 0.390. The predicted octanol–water partition coefficient (Wildman–Crippen LogP) is -1.00. The molecule has 0 fully saturated rings. The second-order valence-corrected chi connectivity index (χ2v) is 3.75. The number of nitrogens with one attached hydrogen (secondary N) is 2. The Morgan fingerprint density at radius 3 is 2.63 bits per heavy atom. The minimum absolute atomic E-state index is 0.0788. The monoisotopic (exact) mass is 262 g/mol. The van der Waals surface area contributed by atoms with Crippen LogP contribution in [0.2, 0.25) is 0 Å². The normalized spacial score (nSPS) is 9.58. The van der Waals surface area contributed by atoms with Crippen LogP contribution in [0.4, 0.5) is 5.69 Å². The highest BCUT2D eigenvalue weighted by atomic mass is 16.4. The van der Waals surface area contributed by atoms with Crippen molar-refractivity contribution in [3.63, 3.8) is 0 Å². The molecule has 0 aliphatic heterocycles. The predicted molar refractivity (Wildman–Crippen MR) is 72.7 cm³/mol. The van der Waals surface area contributed by atoms with Crippen LogP contribution < -0.4 is 16.1 Å². The zero-order valence-corrected chi connectivity index (χ0v) is 10.3. The third-order valence-corrected chi connectivity index (χ3v) is 2.35. The molecule has 0 aromatic heterocycles. The molecule has 1 aromatic carbocycles. The number of carbonyl (C=O) groups is 2. The first-order chi connectivity index (χ1) is 9.04. The van der Waals surface area contributed by atoms with E-state index in [4.69, 9.17) is 10.0 Å². The van der Waals surface area contributed by atoms with Crippen LogP contribution in [0.3, 0.4) is 0 Å². The molecular weight excluding hydrogens is 247 g/mol. The van der Waals surface area contributed by atoms with Gasteiger partial charge < -0.3 is 20.7 Å². The second-order valence-electron chi connectivity index (χ2n) is 3.75. The van der Waals surface area contributed by atoms with Gasteiger partial charge in [0.2, 0.25) is 11.8 Å². The van der Waals surface area contributed by atoms with E-state index in [2.05, 4.69) is 17.2 Å². The summed E-state index contributed by atoms with van der Waals surface area (Å²) >= 11 is 0. The molecule has 0 spiro atoms. The van der Waals surface area contributed by atoms with Gasteiger partial charge in [0.15, 0.2) is 0 Å². The number of benzene rings is 1. The van der Waals surface area contributed by atoms with Crippen LogP contribution in [0.25, 0.3) is 0 Å². The van der Waals surface area contributed by atoms with Gasteiger partial charge in [-0.05, 0) is 12.1 Å². The van der Waals surface area contributed by atoms with E-state index >= 15 is 0 Å². The fourth-order valence-electron chi connectivity index (χ4n) is 1.42.